The third-order valence-electron chi connectivity index (χ3n) is 14.1. The van der Waals surface area contributed by atoms with E-state index in [4.69, 9.17) is 0 Å². The molecule has 0 saturated heterocycles. The SMILES string of the molecule is CCCCCCCCCCCCC/C=C/CC/C=C/CCCC(O)C(O)C(CO)NC(=O)C(O)CCCCCCCCCCCCCCCCCCCCCCCCCCCCCCCC. The summed E-state index contributed by atoms with van der Waals surface area (Å²) in [7, 11) is 0. The van der Waals surface area contributed by atoms with Crippen LogP contribution in [0.4, 0.5) is 0 Å². The number of rotatable bonds is 55. The number of carbonyl (C=O) groups is 1. The van der Waals surface area contributed by atoms with Crippen LogP contribution in [-0.4, -0.2) is 57.3 Å². The van der Waals surface area contributed by atoms with Gasteiger partial charge in [-0.1, -0.05) is 295 Å². The van der Waals surface area contributed by atoms with E-state index in [1.165, 1.54) is 250 Å². The summed E-state index contributed by atoms with van der Waals surface area (Å²) < 4.78 is 0. The van der Waals surface area contributed by atoms with Crippen LogP contribution >= 0.6 is 0 Å². The van der Waals surface area contributed by atoms with Gasteiger partial charge in [0, 0.05) is 0 Å². The Bertz CT molecular complexity index is 1000. The van der Waals surface area contributed by atoms with E-state index in [1.54, 1.807) is 0 Å². The van der Waals surface area contributed by atoms with Crippen molar-refractivity contribution < 1.29 is 25.2 Å². The molecule has 5 N–H and O–H groups in total. The number of allylic oxidation sites excluding steroid dienone is 4. The van der Waals surface area contributed by atoms with Gasteiger partial charge in [0.1, 0.15) is 12.2 Å². The number of hydrogen-bond acceptors (Lipinski definition) is 5. The van der Waals surface area contributed by atoms with Crippen molar-refractivity contribution in [1.82, 2.24) is 5.32 Å². The molecule has 0 rings (SSSR count). The third-order valence-corrected chi connectivity index (χ3v) is 14.1. The van der Waals surface area contributed by atoms with Crippen molar-refractivity contribution in [3.05, 3.63) is 24.3 Å². The van der Waals surface area contributed by atoms with Crippen LogP contribution in [0.15, 0.2) is 24.3 Å². The van der Waals surface area contributed by atoms with Gasteiger partial charge in [0.15, 0.2) is 0 Å². The van der Waals surface area contributed by atoms with Crippen molar-refractivity contribution in [1.29, 1.82) is 0 Å². The minimum absolute atomic E-state index is 0.365. The van der Waals surface area contributed by atoms with Crippen LogP contribution in [0.3, 0.4) is 0 Å². The van der Waals surface area contributed by atoms with Gasteiger partial charge in [0.2, 0.25) is 5.91 Å². The minimum Gasteiger partial charge on any atom is -0.394 e. The lowest BCUT2D eigenvalue weighted by atomic mass is 10.00. The Morgan fingerprint density at radius 1 is 0.364 bits per heavy atom. The molecule has 66 heavy (non-hydrogen) atoms. The molecule has 0 aliphatic heterocycles. The highest BCUT2D eigenvalue weighted by molar-refractivity contribution is 5.80. The lowest BCUT2D eigenvalue weighted by Gasteiger charge is -2.27. The summed E-state index contributed by atoms with van der Waals surface area (Å²) in [6.07, 6.45) is 66.9. The summed E-state index contributed by atoms with van der Waals surface area (Å²) in [5.74, 6) is -0.591. The molecule has 0 aliphatic carbocycles. The average molecular weight is 933 g/mol. The average Bonchev–Trinajstić information content (AvgIpc) is 3.32. The Labute approximate surface area is 412 Å². The summed E-state index contributed by atoms with van der Waals surface area (Å²) in [6, 6.07) is -1.01. The van der Waals surface area contributed by atoms with Gasteiger partial charge in [-0.05, 0) is 51.4 Å². The van der Waals surface area contributed by atoms with Gasteiger partial charge in [-0.3, -0.25) is 4.79 Å². The summed E-state index contributed by atoms with van der Waals surface area (Å²) in [6.45, 7) is 4.08. The summed E-state index contributed by atoms with van der Waals surface area (Å²) in [5.41, 5.74) is 0. The first kappa shape index (κ1) is 64.8. The molecule has 0 radical (unpaired) electrons. The first-order valence-electron chi connectivity index (χ1n) is 29.7. The van der Waals surface area contributed by atoms with Crippen LogP contribution in [0.1, 0.15) is 322 Å². The molecule has 4 unspecified atom stereocenters. The zero-order valence-corrected chi connectivity index (χ0v) is 44.5. The Balaban J connectivity index is 3.60. The van der Waals surface area contributed by atoms with Gasteiger partial charge in [0.25, 0.3) is 0 Å². The molecule has 6 heteroatoms. The maximum Gasteiger partial charge on any atom is 0.249 e. The first-order valence-corrected chi connectivity index (χ1v) is 29.7. The topological polar surface area (TPSA) is 110 Å². The second-order valence-electron chi connectivity index (χ2n) is 20.7. The zero-order valence-electron chi connectivity index (χ0n) is 44.5. The number of carbonyl (C=O) groups excluding carboxylic acids is 1. The van der Waals surface area contributed by atoms with E-state index in [2.05, 4.69) is 43.5 Å². The van der Waals surface area contributed by atoms with E-state index in [0.717, 1.165) is 38.5 Å². The molecule has 0 aliphatic rings. The van der Waals surface area contributed by atoms with Gasteiger partial charge in [0.05, 0.1) is 18.8 Å². The number of aliphatic hydroxyl groups excluding tert-OH is 4. The second kappa shape index (κ2) is 54.7. The fraction of sp³-hybridized carbons (Fsp3) is 0.917. The predicted octanol–water partition coefficient (Wildman–Crippen LogP) is 17.4. The molecule has 4 atom stereocenters. The van der Waals surface area contributed by atoms with Crippen molar-refractivity contribution in [2.24, 2.45) is 0 Å². The van der Waals surface area contributed by atoms with Crippen LogP contribution in [0.25, 0.3) is 0 Å². The molecular weight excluding hydrogens is 815 g/mol. The van der Waals surface area contributed by atoms with E-state index in [0.29, 0.717) is 19.3 Å². The van der Waals surface area contributed by atoms with E-state index in [-0.39, 0.29) is 0 Å². The molecule has 0 saturated carbocycles. The van der Waals surface area contributed by atoms with Gasteiger partial charge in [-0.15, -0.1) is 0 Å². The Morgan fingerprint density at radius 2 is 0.636 bits per heavy atom. The highest BCUT2D eigenvalue weighted by Gasteiger charge is 2.28. The first-order chi connectivity index (χ1) is 32.5. The molecule has 0 fully saturated rings. The Hall–Kier alpha value is -1.21. The van der Waals surface area contributed by atoms with Crippen molar-refractivity contribution in [2.45, 2.75) is 346 Å². The monoisotopic (exact) mass is 932 g/mol. The molecule has 0 bridgehead atoms. The van der Waals surface area contributed by atoms with Crippen LogP contribution in [-0.2, 0) is 4.79 Å². The van der Waals surface area contributed by atoms with Gasteiger partial charge in [-0.25, -0.2) is 0 Å². The van der Waals surface area contributed by atoms with Gasteiger partial charge in [-0.2, -0.15) is 0 Å². The Kier molecular flexibility index (Phi) is 53.7. The van der Waals surface area contributed by atoms with E-state index in [1.807, 2.05) is 0 Å². The highest BCUT2D eigenvalue weighted by atomic mass is 16.3. The van der Waals surface area contributed by atoms with Crippen molar-refractivity contribution in [2.75, 3.05) is 6.61 Å². The zero-order chi connectivity index (χ0) is 48.1. The predicted molar refractivity (Wildman–Crippen MR) is 288 cm³/mol. The fourth-order valence-corrected chi connectivity index (χ4v) is 9.48. The highest BCUT2D eigenvalue weighted by Crippen LogP contribution is 2.18. The fourth-order valence-electron chi connectivity index (χ4n) is 9.48. The van der Waals surface area contributed by atoms with Crippen LogP contribution < -0.4 is 5.32 Å². The summed E-state index contributed by atoms with van der Waals surface area (Å²) in [4.78, 5) is 12.6. The Morgan fingerprint density at radius 3 is 0.955 bits per heavy atom. The molecule has 0 heterocycles. The van der Waals surface area contributed by atoms with Crippen LogP contribution in [0.2, 0.25) is 0 Å². The lowest BCUT2D eigenvalue weighted by molar-refractivity contribution is -0.132. The summed E-state index contributed by atoms with van der Waals surface area (Å²) >= 11 is 0. The maximum atomic E-state index is 12.6. The molecule has 6 nitrogen and oxygen atoms in total. The van der Waals surface area contributed by atoms with Gasteiger partial charge < -0.3 is 25.7 Å². The second-order valence-corrected chi connectivity index (χ2v) is 20.7. The number of nitrogens with one attached hydrogen (secondary N) is 1. The van der Waals surface area contributed by atoms with E-state index >= 15 is 0 Å². The van der Waals surface area contributed by atoms with Crippen molar-refractivity contribution >= 4 is 5.91 Å². The lowest BCUT2D eigenvalue weighted by Crippen LogP contribution is -2.53. The standard InChI is InChI=1S/C60H117NO5/c1-3-5-7-9-11-13-15-17-19-21-23-25-26-27-28-29-30-31-32-33-34-36-38-40-42-44-46-48-50-52-54-58(64)60(66)61-56(55-62)59(65)57(63)53-51-49-47-45-43-41-39-37-35-24-22-20-18-16-14-12-10-8-6-4-2/h37,39,45,47,56-59,62-65H,3-36,38,40-44,46,48-55H2,1-2H3,(H,61,66)/b39-37+,47-45+. The van der Waals surface area contributed by atoms with Crippen molar-refractivity contribution in [3.63, 3.8) is 0 Å². The minimum atomic E-state index is -1.29. The largest absolute Gasteiger partial charge is 0.394 e. The quantitative estimate of drug-likeness (QED) is 0.0308. The molecule has 0 aromatic rings. The molecular formula is C60H117NO5. The number of amides is 1. The third kappa shape index (κ3) is 47.8. The van der Waals surface area contributed by atoms with Crippen LogP contribution in [0, 0.1) is 0 Å². The molecule has 0 aromatic carbocycles. The number of unbranched alkanes of at least 4 members (excludes halogenated alkanes) is 42. The maximum absolute atomic E-state index is 12.6. The summed E-state index contributed by atoms with van der Waals surface area (Å²) in [5, 5.41) is 44.0. The number of aliphatic hydroxyl groups is 4. The van der Waals surface area contributed by atoms with Crippen molar-refractivity contribution in [3.8, 4) is 0 Å². The smallest absolute Gasteiger partial charge is 0.249 e. The van der Waals surface area contributed by atoms with Crippen LogP contribution in [0.5, 0.6) is 0 Å². The van der Waals surface area contributed by atoms with Gasteiger partial charge >= 0.3 is 0 Å². The normalized spacial score (nSPS) is 13.8. The van der Waals surface area contributed by atoms with E-state index in [9.17, 15) is 25.2 Å². The molecule has 0 spiro atoms. The van der Waals surface area contributed by atoms with E-state index < -0.39 is 36.9 Å². The molecule has 1 amide bonds. The molecule has 392 valence electrons. The number of hydrogen-bond donors (Lipinski definition) is 5. The molecule has 0 aromatic heterocycles.